The first-order chi connectivity index (χ1) is 6.81. The van der Waals surface area contributed by atoms with Crippen LogP contribution in [-0.2, 0) is 4.79 Å². The van der Waals surface area contributed by atoms with Crippen molar-refractivity contribution in [2.24, 2.45) is 17.6 Å². The predicted molar refractivity (Wildman–Crippen MR) is 52.7 cm³/mol. The van der Waals surface area contributed by atoms with E-state index in [9.17, 15) is 4.79 Å². The first kappa shape index (κ1) is 9.21. The molecule has 0 saturated heterocycles. The van der Waals surface area contributed by atoms with Crippen LogP contribution in [0.15, 0.2) is 30.3 Å². The van der Waals surface area contributed by atoms with Gasteiger partial charge in [-0.05, 0) is 31.0 Å². The number of nitrogens with two attached hydrogens (primary N) is 1. The van der Waals surface area contributed by atoms with Gasteiger partial charge >= 0.3 is 5.97 Å². The van der Waals surface area contributed by atoms with E-state index >= 15 is 0 Å². The Kier molecular flexibility index (Phi) is 2.50. The molecule has 2 unspecified atom stereocenters. The number of ether oxygens (including phenoxy) is 1. The molecule has 1 aromatic carbocycles. The number of benzene rings is 1. The van der Waals surface area contributed by atoms with E-state index in [-0.39, 0.29) is 11.9 Å². The Morgan fingerprint density at radius 2 is 2.14 bits per heavy atom. The molecule has 74 valence electrons. The van der Waals surface area contributed by atoms with Gasteiger partial charge in [-0.15, -0.1) is 0 Å². The zero-order valence-electron chi connectivity index (χ0n) is 7.85. The Hall–Kier alpha value is -1.35. The van der Waals surface area contributed by atoms with Gasteiger partial charge in [0.1, 0.15) is 5.75 Å². The van der Waals surface area contributed by atoms with E-state index in [1.54, 1.807) is 12.1 Å². The molecule has 2 rings (SSSR count). The summed E-state index contributed by atoms with van der Waals surface area (Å²) in [6.07, 6.45) is 0.877. The van der Waals surface area contributed by atoms with Crippen molar-refractivity contribution in [3.8, 4) is 5.75 Å². The smallest absolute Gasteiger partial charge is 0.314 e. The van der Waals surface area contributed by atoms with Gasteiger partial charge in [0.15, 0.2) is 0 Å². The Morgan fingerprint density at radius 1 is 1.43 bits per heavy atom. The molecule has 1 fully saturated rings. The normalized spacial score (nSPS) is 24.4. The van der Waals surface area contributed by atoms with E-state index in [4.69, 9.17) is 10.5 Å². The fourth-order valence-corrected chi connectivity index (χ4v) is 1.48. The summed E-state index contributed by atoms with van der Waals surface area (Å²) in [6, 6.07) is 9.12. The molecule has 0 aromatic heterocycles. The molecule has 2 atom stereocenters. The van der Waals surface area contributed by atoms with Crippen molar-refractivity contribution in [2.45, 2.75) is 6.42 Å². The molecule has 3 nitrogen and oxygen atoms in total. The molecular formula is C11H13NO2. The van der Waals surface area contributed by atoms with Gasteiger partial charge in [0.05, 0.1) is 5.92 Å². The van der Waals surface area contributed by atoms with Gasteiger partial charge in [0.25, 0.3) is 0 Å². The maximum atomic E-state index is 11.5. The van der Waals surface area contributed by atoms with Crippen LogP contribution in [0, 0.1) is 11.8 Å². The van der Waals surface area contributed by atoms with Crippen LogP contribution in [0.2, 0.25) is 0 Å². The van der Waals surface area contributed by atoms with E-state index in [2.05, 4.69) is 0 Å². The highest BCUT2D eigenvalue weighted by atomic mass is 16.5. The van der Waals surface area contributed by atoms with Crippen molar-refractivity contribution in [2.75, 3.05) is 6.54 Å². The molecule has 3 heteroatoms. The Morgan fingerprint density at radius 3 is 2.71 bits per heavy atom. The lowest BCUT2D eigenvalue weighted by Crippen LogP contribution is -2.14. The maximum Gasteiger partial charge on any atom is 0.314 e. The molecule has 14 heavy (non-hydrogen) atoms. The highest BCUT2D eigenvalue weighted by molar-refractivity contribution is 5.78. The van der Waals surface area contributed by atoms with Crippen molar-refractivity contribution in [1.82, 2.24) is 0 Å². The van der Waals surface area contributed by atoms with Crippen molar-refractivity contribution >= 4 is 5.97 Å². The SMILES string of the molecule is NCC1CC1C(=O)Oc1ccccc1. The lowest BCUT2D eigenvalue weighted by Gasteiger charge is -2.02. The van der Waals surface area contributed by atoms with E-state index in [1.807, 2.05) is 18.2 Å². The summed E-state index contributed by atoms with van der Waals surface area (Å²) in [6.45, 7) is 0.578. The summed E-state index contributed by atoms with van der Waals surface area (Å²) >= 11 is 0. The van der Waals surface area contributed by atoms with E-state index in [1.165, 1.54) is 0 Å². The van der Waals surface area contributed by atoms with Crippen molar-refractivity contribution in [3.05, 3.63) is 30.3 Å². The number of carbonyl (C=O) groups is 1. The predicted octanol–water partition coefficient (Wildman–Crippen LogP) is 1.19. The Balaban J connectivity index is 1.90. The molecule has 1 aliphatic carbocycles. The third kappa shape index (κ3) is 1.93. The second kappa shape index (κ2) is 3.80. The van der Waals surface area contributed by atoms with E-state index in [0.29, 0.717) is 18.2 Å². The third-order valence-electron chi connectivity index (χ3n) is 2.49. The summed E-state index contributed by atoms with van der Waals surface area (Å²) in [5.41, 5.74) is 5.45. The minimum Gasteiger partial charge on any atom is -0.426 e. The van der Waals surface area contributed by atoms with Gasteiger partial charge in [-0.3, -0.25) is 4.79 Å². The number of esters is 1. The number of carbonyl (C=O) groups excluding carboxylic acids is 1. The highest BCUT2D eigenvalue weighted by Crippen LogP contribution is 2.38. The van der Waals surface area contributed by atoms with E-state index in [0.717, 1.165) is 6.42 Å². The fourth-order valence-electron chi connectivity index (χ4n) is 1.48. The topological polar surface area (TPSA) is 52.3 Å². The van der Waals surface area contributed by atoms with Crippen molar-refractivity contribution in [1.29, 1.82) is 0 Å². The zero-order valence-corrected chi connectivity index (χ0v) is 7.85. The van der Waals surface area contributed by atoms with Gasteiger partial charge in [0, 0.05) is 0 Å². The molecule has 1 aromatic rings. The van der Waals surface area contributed by atoms with Crippen LogP contribution in [0.3, 0.4) is 0 Å². The highest BCUT2D eigenvalue weighted by Gasteiger charge is 2.43. The van der Waals surface area contributed by atoms with E-state index < -0.39 is 0 Å². The Labute approximate surface area is 82.9 Å². The number of hydrogen-bond acceptors (Lipinski definition) is 3. The molecule has 1 aliphatic rings. The van der Waals surface area contributed by atoms with Gasteiger partial charge in [-0.25, -0.2) is 0 Å². The number of rotatable bonds is 3. The van der Waals surface area contributed by atoms with Gasteiger partial charge in [-0.2, -0.15) is 0 Å². The van der Waals surface area contributed by atoms with Crippen LogP contribution >= 0.6 is 0 Å². The summed E-state index contributed by atoms with van der Waals surface area (Å²) in [5, 5.41) is 0. The molecule has 0 radical (unpaired) electrons. The molecule has 2 N–H and O–H groups in total. The molecule has 0 heterocycles. The summed E-state index contributed by atoms with van der Waals surface area (Å²) < 4.78 is 5.18. The average molecular weight is 191 g/mol. The van der Waals surface area contributed by atoms with Crippen LogP contribution < -0.4 is 10.5 Å². The monoisotopic (exact) mass is 191 g/mol. The Bertz CT molecular complexity index is 323. The number of hydrogen-bond donors (Lipinski definition) is 1. The molecule has 0 bridgehead atoms. The molecule has 0 amide bonds. The average Bonchev–Trinajstić information content (AvgIpc) is 2.98. The lowest BCUT2D eigenvalue weighted by molar-refractivity contribution is -0.136. The van der Waals surface area contributed by atoms with Gasteiger partial charge < -0.3 is 10.5 Å². The summed E-state index contributed by atoms with van der Waals surface area (Å²) in [5.74, 6) is 0.832. The van der Waals surface area contributed by atoms with Crippen LogP contribution in [0.5, 0.6) is 5.75 Å². The van der Waals surface area contributed by atoms with Crippen molar-refractivity contribution in [3.63, 3.8) is 0 Å². The third-order valence-corrected chi connectivity index (χ3v) is 2.49. The summed E-state index contributed by atoms with van der Waals surface area (Å²) in [4.78, 5) is 11.5. The zero-order chi connectivity index (χ0) is 9.97. The first-order valence-corrected chi connectivity index (χ1v) is 4.78. The van der Waals surface area contributed by atoms with Crippen molar-refractivity contribution < 1.29 is 9.53 Å². The van der Waals surface area contributed by atoms with Crippen LogP contribution in [-0.4, -0.2) is 12.5 Å². The lowest BCUT2D eigenvalue weighted by atomic mass is 10.3. The minimum absolute atomic E-state index is 0.0280. The molecule has 0 spiro atoms. The van der Waals surface area contributed by atoms with Crippen LogP contribution in [0.25, 0.3) is 0 Å². The number of para-hydroxylation sites is 1. The second-order valence-corrected chi connectivity index (χ2v) is 3.57. The van der Waals surface area contributed by atoms with Crippen LogP contribution in [0.1, 0.15) is 6.42 Å². The molecule has 0 aliphatic heterocycles. The minimum atomic E-state index is -0.147. The fraction of sp³-hybridized carbons (Fsp3) is 0.364. The second-order valence-electron chi connectivity index (χ2n) is 3.57. The first-order valence-electron chi connectivity index (χ1n) is 4.78. The molecular weight excluding hydrogens is 178 g/mol. The van der Waals surface area contributed by atoms with Crippen LogP contribution in [0.4, 0.5) is 0 Å². The quantitative estimate of drug-likeness (QED) is 0.576. The standard InChI is InChI=1S/C11H13NO2/c12-7-8-6-10(8)11(13)14-9-4-2-1-3-5-9/h1-5,8,10H,6-7,12H2. The van der Waals surface area contributed by atoms with Gasteiger partial charge in [0.2, 0.25) is 0 Å². The maximum absolute atomic E-state index is 11.5. The largest absolute Gasteiger partial charge is 0.426 e. The summed E-state index contributed by atoms with van der Waals surface area (Å²) in [7, 11) is 0. The van der Waals surface area contributed by atoms with Gasteiger partial charge in [-0.1, -0.05) is 18.2 Å². The molecule has 1 saturated carbocycles.